The molecule has 7 nitrogen and oxygen atoms in total. The van der Waals surface area contributed by atoms with Gasteiger partial charge < -0.3 is 9.84 Å². The molecular formula is C42H34ClNO6. The highest BCUT2D eigenvalue weighted by Crippen LogP contribution is 2.64. The number of aryl methyl sites for hydroxylation is 1. The summed E-state index contributed by atoms with van der Waals surface area (Å²) in [7, 11) is 1.50. The van der Waals surface area contributed by atoms with E-state index in [1.165, 1.54) is 24.2 Å². The van der Waals surface area contributed by atoms with E-state index < -0.39 is 35.0 Å². The van der Waals surface area contributed by atoms with E-state index in [1.54, 1.807) is 30.3 Å². The third kappa shape index (κ3) is 4.56. The van der Waals surface area contributed by atoms with E-state index in [0.29, 0.717) is 38.7 Å². The SMILES string of the molecule is COc1cc(O)ccc1[C@H]1C2=CC[C@@H]3C(=O)N(c4ccc(C)c(Cl)c4)C(=O)[C@@H]3[C@@H]2C[C@H]2C(=O)C(c3ccccc3)=CC(=O)[C@@]12c1ccccc1. The molecule has 3 aliphatic carbocycles. The van der Waals surface area contributed by atoms with Gasteiger partial charge in [0.05, 0.1) is 30.0 Å². The van der Waals surface area contributed by atoms with Crippen LogP contribution in [0.3, 0.4) is 0 Å². The molecule has 4 aromatic rings. The number of phenolic OH excluding ortho intramolecular Hbond substituents is 1. The normalized spacial score (nSPS) is 27.3. The van der Waals surface area contributed by atoms with Crippen LogP contribution in [0.4, 0.5) is 5.69 Å². The number of carbonyl (C=O) groups is 4. The minimum Gasteiger partial charge on any atom is -0.508 e. The average molecular weight is 684 g/mol. The maximum atomic E-state index is 15.2. The maximum absolute atomic E-state index is 15.2. The summed E-state index contributed by atoms with van der Waals surface area (Å²) in [5.41, 5.74) is 2.93. The quantitative estimate of drug-likeness (QED) is 0.174. The van der Waals surface area contributed by atoms with Gasteiger partial charge in [-0.2, -0.15) is 0 Å². The Morgan fingerprint density at radius 2 is 1.58 bits per heavy atom. The van der Waals surface area contributed by atoms with Crippen molar-refractivity contribution in [3.05, 3.63) is 142 Å². The van der Waals surface area contributed by atoms with E-state index in [1.807, 2.05) is 73.7 Å². The molecule has 1 N–H and O–H groups in total. The number of methoxy groups -OCH3 is 1. The van der Waals surface area contributed by atoms with Gasteiger partial charge in [0.25, 0.3) is 0 Å². The Kier molecular flexibility index (Phi) is 7.64. The van der Waals surface area contributed by atoms with Gasteiger partial charge in [-0.1, -0.05) is 96.0 Å². The molecule has 8 heteroatoms. The highest BCUT2D eigenvalue weighted by molar-refractivity contribution is 6.33. The van der Waals surface area contributed by atoms with Crippen molar-refractivity contribution in [2.24, 2.45) is 23.7 Å². The fraction of sp³-hybridized carbons (Fsp3) is 0.238. The van der Waals surface area contributed by atoms with Crippen LogP contribution in [0, 0.1) is 30.6 Å². The zero-order valence-corrected chi connectivity index (χ0v) is 28.3. The molecule has 1 saturated heterocycles. The summed E-state index contributed by atoms with van der Waals surface area (Å²) in [6.07, 6.45) is 3.97. The number of allylic oxidation sites excluding steroid dienone is 4. The smallest absolute Gasteiger partial charge is 0.238 e. The summed E-state index contributed by atoms with van der Waals surface area (Å²) in [5, 5.41) is 11.0. The standard InChI is InChI=1S/C42H34ClNO6/c1-23-13-14-26(19-34(23)43)44-40(48)30-18-17-28-32(37(30)41(44)49)21-33-39(47)31(24-9-5-3-6-10-24)22-36(46)42(33,25-11-7-4-8-12-25)38(28)29-16-15-27(45)20-35(29)50-2/h3-17,19-20,22,30,32-33,37-38,45H,18,21H2,1-2H3/t30-,32+,33-,37-,38+,42-/m0/s1. The molecule has 0 radical (unpaired) electrons. The monoisotopic (exact) mass is 683 g/mol. The van der Waals surface area contributed by atoms with Crippen LogP contribution in [0.15, 0.2) is 115 Å². The lowest BCUT2D eigenvalue weighted by Crippen LogP contribution is -2.58. The number of imide groups is 1. The van der Waals surface area contributed by atoms with Crippen LogP contribution in [0.25, 0.3) is 5.57 Å². The van der Waals surface area contributed by atoms with E-state index in [-0.39, 0.29) is 42.0 Å². The molecule has 0 bridgehead atoms. The number of hydrogen-bond donors (Lipinski definition) is 1. The Morgan fingerprint density at radius 1 is 0.860 bits per heavy atom. The molecule has 0 spiro atoms. The van der Waals surface area contributed by atoms with E-state index in [9.17, 15) is 14.7 Å². The van der Waals surface area contributed by atoms with Gasteiger partial charge >= 0.3 is 0 Å². The maximum Gasteiger partial charge on any atom is 0.238 e. The van der Waals surface area contributed by atoms with Crippen molar-refractivity contribution in [3.63, 3.8) is 0 Å². The highest BCUT2D eigenvalue weighted by atomic mass is 35.5. The topological polar surface area (TPSA) is 101 Å². The number of aromatic hydroxyl groups is 1. The van der Waals surface area contributed by atoms with Crippen LogP contribution < -0.4 is 9.64 Å². The van der Waals surface area contributed by atoms with Crippen LogP contribution in [0.1, 0.15) is 41.0 Å². The second-order valence-electron chi connectivity index (χ2n) is 13.7. The average Bonchev–Trinajstić information content (AvgIpc) is 3.39. The molecule has 4 aliphatic rings. The molecule has 2 fully saturated rings. The summed E-state index contributed by atoms with van der Waals surface area (Å²) in [6, 6.07) is 28.5. The Labute approximate surface area is 294 Å². The Balaban J connectivity index is 1.37. The lowest BCUT2D eigenvalue weighted by Gasteiger charge is -2.55. The van der Waals surface area contributed by atoms with Gasteiger partial charge in [-0.25, -0.2) is 4.90 Å². The number of amides is 2. The molecule has 50 heavy (non-hydrogen) atoms. The molecule has 8 rings (SSSR count). The van der Waals surface area contributed by atoms with Crippen LogP contribution in [-0.4, -0.2) is 35.6 Å². The number of phenols is 1. The van der Waals surface area contributed by atoms with Gasteiger partial charge in [-0.3, -0.25) is 19.2 Å². The number of Topliss-reactive ketones (excluding diaryl/α,β-unsaturated/α-hetero) is 1. The Morgan fingerprint density at radius 3 is 2.28 bits per heavy atom. The number of carbonyl (C=O) groups excluding carboxylic acids is 4. The minimum atomic E-state index is -1.40. The van der Waals surface area contributed by atoms with Crippen molar-refractivity contribution in [2.75, 3.05) is 12.0 Å². The molecule has 1 aliphatic heterocycles. The van der Waals surface area contributed by atoms with Gasteiger partial charge in [0, 0.05) is 34.1 Å². The summed E-state index contributed by atoms with van der Waals surface area (Å²) < 4.78 is 5.85. The number of halogens is 1. The molecule has 2 amide bonds. The predicted molar refractivity (Wildman–Crippen MR) is 190 cm³/mol. The molecular weight excluding hydrogens is 650 g/mol. The van der Waals surface area contributed by atoms with Crippen LogP contribution >= 0.6 is 11.6 Å². The molecule has 6 atom stereocenters. The molecule has 1 heterocycles. The van der Waals surface area contributed by atoms with E-state index in [2.05, 4.69) is 0 Å². The number of nitrogens with zero attached hydrogens (tertiary/aromatic N) is 1. The number of ketones is 2. The third-order valence-corrected chi connectivity index (χ3v) is 11.7. The van der Waals surface area contributed by atoms with Crippen LogP contribution in [0.2, 0.25) is 5.02 Å². The molecule has 4 aromatic carbocycles. The molecule has 0 unspecified atom stereocenters. The number of hydrogen-bond acceptors (Lipinski definition) is 6. The van der Waals surface area contributed by atoms with Crippen molar-refractivity contribution in [1.82, 2.24) is 0 Å². The molecule has 250 valence electrons. The summed E-state index contributed by atoms with van der Waals surface area (Å²) in [5.74, 6) is -4.27. The zero-order valence-electron chi connectivity index (χ0n) is 27.5. The van der Waals surface area contributed by atoms with Gasteiger partial charge in [-0.05, 0) is 66.6 Å². The summed E-state index contributed by atoms with van der Waals surface area (Å²) >= 11 is 6.46. The molecule has 1 saturated carbocycles. The third-order valence-electron chi connectivity index (χ3n) is 11.3. The van der Waals surface area contributed by atoms with Gasteiger partial charge in [0.15, 0.2) is 11.6 Å². The van der Waals surface area contributed by atoms with Crippen molar-refractivity contribution >= 4 is 46.2 Å². The van der Waals surface area contributed by atoms with Crippen molar-refractivity contribution in [1.29, 1.82) is 0 Å². The molecule has 0 aromatic heterocycles. The predicted octanol–water partition coefficient (Wildman–Crippen LogP) is 7.39. The second kappa shape index (κ2) is 12.0. The number of rotatable bonds is 5. The zero-order chi connectivity index (χ0) is 34.9. The summed E-state index contributed by atoms with van der Waals surface area (Å²) in [4.78, 5) is 60.1. The van der Waals surface area contributed by atoms with Gasteiger partial charge in [0.2, 0.25) is 11.8 Å². The number of anilines is 1. The van der Waals surface area contributed by atoms with Gasteiger partial charge in [0.1, 0.15) is 11.5 Å². The summed E-state index contributed by atoms with van der Waals surface area (Å²) in [6.45, 7) is 1.86. The highest BCUT2D eigenvalue weighted by Gasteiger charge is 2.66. The van der Waals surface area contributed by atoms with Crippen molar-refractivity contribution < 1.29 is 29.0 Å². The first kappa shape index (κ1) is 32.0. The van der Waals surface area contributed by atoms with Crippen LogP contribution in [-0.2, 0) is 24.6 Å². The second-order valence-corrected chi connectivity index (χ2v) is 14.1. The first-order chi connectivity index (χ1) is 24.2. The minimum absolute atomic E-state index is 0.0118. The largest absolute Gasteiger partial charge is 0.508 e. The van der Waals surface area contributed by atoms with Crippen molar-refractivity contribution in [3.8, 4) is 11.5 Å². The first-order valence-electron chi connectivity index (χ1n) is 16.8. The van der Waals surface area contributed by atoms with Crippen LogP contribution in [0.5, 0.6) is 11.5 Å². The number of fused-ring (bicyclic) bond motifs is 4. The number of ether oxygens (including phenoxy) is 1. The fourth-order valence-corrected chi connectivity index (χ4v) is 9.31. The first-order valence-corrected chi connectivity index (χ1v) is 17.2. The van der Waals surface area contributed by atoms with E-state index in [4.69, 9.17) is 16.3 Å². The van der Waals surface area contributed by atoms with E-state index >= 15 is 9.59 Å². The number of benzene rings is 4. The Hall–Kier alpha value is -5.27. The lowest BCUT2D eigenvalue weighted by molar-refractivity contribution is -0.135. The Bertz CT molecular complexity index is 2160. The fourth-order valence-electron chi connectivity index (χ4n) is 9.13. The lowest BCUT2D eigenvalue weighted by atomic mass is 9.44. The van der Waals surface area contributed by atoms with Crippen molar-refractivity contribution in [2.45, 2.75) is 31.1 Å². The van der Waals surface area contributed by atoms with Gasteiger partial charge in [-0.15, -0.1) is 0 Å². The van der Waals surface area contributed by atoms with E-state index in [0.717, 1.165) is 11.1 Å².